The molecule has 5 nitrogen and oxygen atoms in total. The van der Waals surface area contributed by atoms with E-state index in [0.29, 0.717) is 21.1 Å². The van der Waals surface area contributed by atoms with E-state index in [1.165, 1.54) is 0 Å². The molecule has 1 aromatic carbocycles. The summed E-state index contributed by atoms with van der Waals surface area (Å²) in [7, 11) is 0. The van der Waals surface area contributed by atoms with Crippen LogP contribution in [-0.2, 0) is 11.3 Å². The van der Waals surface area contributed by atoms with Crippen molar-refractivity contribution in [3.8, 4) is 0 Å². The van der Waals surface area contributed by atoms with Crippen molar-refractivity contribution in [3.05, 3.63) is 22.2 Å². The van der Waals surface area contributed by atoms with Gasteiger partial charge in [0.1, 0.15) is 11.0 Å². The molecule has 0 bridgehead atoms. The fourth-order valence-corrected chi connectivity index (χ4v) is 1.46. The third-order valence-corrected chi connectivity index (χ3v) is 2.46. The number of aliphatic carboxylic acids is 1. The Kier molecular flexibility index (Phi) is 2.50. The van der Waals surface area contributed by atoms with Crippen LogP contribution in [0.1, 0.15) is 0 Å². The zero-order valence-electron chi connectivity index (χ0n) is 7.31. The highest BCUT2D eigenvalue weighted by molar-refractivity contribution is 6.42. The molecule has 0 amide bonds. The first kappa shape index (κ1) is 10.2. The number of carboxylic acids is 1. The van der Waals surface area contributed by atoms with Crippen molar-refractivity contribution in [1.82, 2.24) is 15.0 Å². The van der Waals surface area contributed by atoms with Gasteiger partial charge in [-0.2, -0.15) is 15.0 Å². The molecule has 0 atom stereocenters. The fourth-order valence-electron chi connectivity index (χ4n) is 1.15. The molecular weight excluding hydrogens is 241 g/mol. The molecule has 0 aliphatic heterocycles. The van der Waals surface area contributed by atoms with E-state index >= 15 is 0 Å². The third kappa shape index (κ3) is 2.03. The van der Waals surface area contributed by atoms with Gasteiger partial charge in [-0.1, -0.05) is 23.2 Å². The van der Waals surface area contributed by atoms with E-state index in [9.17, 15) is 4.79 Å². The van der Waals surface area contributed by atoms with Crippen molar-refractivity contribution in [2.75, 3.05) is 0 Å². The molecule has 7 heteroatoms. The van der Waals surface area contributed by atoms with E-state index in [1.54, 1.807) is 12.1 Å². The molecule has 0 aliphatic carbocycles. The van der Waals surface area contributed by atoms with Gasteiger partial charge in [-0.05, 0) is 12.1 Å². The van der Waals surface area contributed by atoms with Crippen LogP contribution in [0.3, 0.4) is 0 Å². The Labute approximate surface area is 94.2 Å². The van der Waals surface area contributed by atoms with Crippen LogP contribution in [0.25, 0.3) is 11.0 Å². The molecule has 2 rings (SSSR count). The second kappa shape index (κ2) is 3.67. The van der Waals surface area contributed by atoms with Crippen molar-refractivity contribution in [1.29, 1.82) is 0 Å². The Morgan fingerprint density at radius 2 is 1.73 bits per heavy atom. The number of hydrogen-bond acceptors (Lipinski definition) is 3. The number of carboxylic acid groups (broad SMARTS) is 1. The molecule has 0 saturated carbocycles. The Morgan fingerprint density at radius 3 is 2.13 bits per heavy atom. The van der Waals surface area contributed by atoms with Gasteiger partial charge in [-0.15, -0.1) is 0 Å². The highest BCUT2D eigenvalue weighted by Gasteiger charge is 2.08. The Balaban J connectivity index is 2.51. The summed E-state index contributed by atoms with van der Waals surface area (Å²) in [6, 6.07) is 3.09. The number of fused-ring (bicyclic) bond motifs is 1. The molecule has 0 spiro atoms. The molecule has 1 N–H and O–H groups in total. The number of nitrogens with zero attached hydrogens (tertiary/aromatic N) is 3. The topological polar surface area (TPSA) is 68.0 Å². The van der Waals surface area contributed by atoms with E-state index in [0.717, 1.165) is 4.80 Å². The summed E-state index contributed by atoms with van der Waals surface area (Å²) in [5, 5.41) is 17.2. The van der Waals surface area contributed by atoms with Gasteiger partial charge >= 0.3 is 5.97 Å². The van der Waals surface area contributed by atoms with Crippen LogP contribution in [0.4, 0.5) is 0 Å². The van der Waals surface area contributed by atoms with E-state index in [-0.39, 0.29) is 6.54 Å². The number of benzene rings is 1. The lowest BCUT2D eigenvalue weighted by molar-refractivity contribution is -0.138. The first-order valence-electron chi connectivity index (χ1n) is 3.98. The summed E-state index contributed by atoms with van der Waals surface area (Å²) in [6.45, 7) is -0.288. The number of rotatable bonds is 2. The van der Waals surface area contributed by atoms with Gasteiger partial charge in [0.2, 0.25) is 0 Å². The van der Waals surface area contributed by atoms with Crippen LogP contribution < -0.4 is 0 Å². The first-order chi connectivity index (χ1) is 7.06. The molecule has 15 heavy (non-hydrogen) atoms. The first-order valence-corrected chi connectivity index (χ1v) is 4.73. The average molecular weight is 246 g/mol. The second-order valence-corrected chi connectivity index (χ2v) is 3.69. The van der Waals surface area contributed by atoms with Gasteiger partial charge in [0.25, 0.3) is 0 Å². The maximum atomic E-state index is 10.4. The number of aromatic nitrogens is 3. The second-order valence-electron chi connectivity index (χ2n) is 2.88. The largest absolute Gasteiger partial charge is 0.480 e. The van der Waals surface area contributed by atoms with E-state index in [4.69, 9.17) is 28.3 Å². The minimum atomic E-state index is -1.01. The molecule has 0 saturated heterocycles. The SMILES string of the molecule is O=C(O)Cn1nc2cc(Cl)c(Cl)cc2n1. The van der Waals surface area contributed by atoms with Gasteiger partial charge < -0.3 is 5.11 Å². The maximum absolute atomic E-state index is 10.4. The van der Waals surface area contributed by atoms with Gasteiger partial charge in [0.05, 0.1) is 10.0 Å². The monoisotopic (exact) mass is 245 g/mol. The van der Waals surface area contributed by atoms with Crippen molar-refractivity contribution in [3.63, 3.8) is 0 Å². The predicted octanol–water partition coefficient (Wildman–Crippen LogP) is 1.82. The zero-order valence-corrected chi connectivity index (χ0v) is 8.83. The van der Waals surface area contributed by atoms with Crippen LogP contribution in [0.5, 0.6) is 0 Å². The van der Waals surface area contributed by atoms with Crippen LogP contribution in [0.15, 0.2) is 12.1 Å². The van der Waals surface area contributed by atoms with Gasteiger partial charge in [-0.3, -0.25) is 4.79 Å². The van der Waals surface area contributed by atoms with E-state index in [2.05, 4.69) is 10.2 Å². The number of halogens is 2. The van der Waals surface area contributed by atoms with Crippen LogP contribution in [0, 0.1) is 0 Å². The fraction of sp³-hybridized carbons (Fsp3) is 0.125. The Morgan fingerprint density at radius 1 is 1.27 bits per heavy atom. The lowest BCUT2D eigenvalue weighted by Gasteiger charge is -1.91. The quantitative estimate of drug-likeness (QED) is 0.877. The highest BCUT2D eigenvalue weighted by Crippen LogP contribution is 2.25. The van der Waals surface area contributed by atoms with Crippen LogP contribution in [0.2, 0.25) is 10.0 Å². The van der Waals surface area contributed by atoms with Crippen molar-refractivity contribution >= 4 is 40.2 Å². The summed E-state index contributed by atoms with van der Waals surface area (Å²) in [6.07, 6.45) is 0. The molecule has 0 radical (unpaired) electrons. The van der Waals surface area contributed by atoms with E-state index < -0.39 is 5.97 Å². The van der Waals surface area contributed by atoms with Crippen molar-refractivity contribution in [2.24, 2.45) is 0 Å². The van der Waals surface area contributed by atoms with Crippen LogP contribution in [-0.4, -0.2) is 26.1 Å². The lowest BCUT2D eigenvalue weighted by atomic mass is 10.3. The third-order valence-electron chi connectivity index (χ3n) is 1.74. The van der Waals surface area contributed by atoms with Gasteiger partial charge in [0, 0.05) is 0 Å². The average Bonchev–Trinajstić information content (AvgIpc) is 2.46. The summed E-state index contributed by atoms with van der Waals surface area (Å²) in [4.78, 5) is 11.5. The van der Waals surface area contributed by atoms with E-state index in [1.807, 2.05) is 0 Å². The minimum absolute atomic E-state index is 0.288. The standard InChI is InChI=1S/C8H5Cl2N3O2/c9-4-1-6-7(2-5(4)10)12-13(11-6)3-8(14)15/h1-2H,3H2,(H,14,15). The summed E-state index contributed by atoms with van der Waals surface area (Å²) in [5.41, 5.74) is 1.04. The summed E-state index contributed by atoms with van der Waals surface area (Å²) >= 11 is 11.6. The van der Waals surface area contributed by atoms with Crippen molar-refractivity contribution < 1.29 is 9.90 Å². The number of carbonyl (C=O) groups is 1. The molecule has 2 aromatic rings. The molecule has 0 fully saturated rings. The smallest absolute Gasteiger partial charge is 0.327 e. The minimum Gasteiger partial charge on any atom is -0.480 e. The molecule has 1 heterocycles. The normalized spacial score (nSPS) is 10.8. The Bertz CT molecular complexity index is 499. The zero-order chi connectivity index (χ0) is 11.0. The molecule has 0 unspecified atom stereocenters. The highest BCUT2D eigenvalue weighted by atomic mass is 35.5. The number of hydrogen-bond donors (Lipinski definition) is 1. The molecule has 1 aromatic heterocycles. The van der Waals surface area contributed by atoms with Crippen molar-refractivity contribution in [2.45, 2.75) is 6.54 Å². The molecular formula is C8H5Cl2N3O2. The summed E-state index contributed by atoms with van der Waals surface area (Å²) < 4.78 is 0. The molecule has 78 valence electrons. The lowest BCUT2D eigenvalue weighted by Crippen LogP contribution is -2.11. The Hall–Kier alpha value is -1.33. The molecule has 0 aliphatic rings. The predicted molar refractivity (Wildman–Crippen MR) is 55.2 cm³/mol. The van der Waals surface area contributed by atoms with Gasteiger partial charge in [-0.25, -0.2) is 0 Å². The summed E-state index contributed by atoms with van der Waals surface area (Å²) in [5.74, 6) is -1.01. The maximum Gasteiger partial charge on any atom is 0.327 e. The van der Waals surface area contributed by atoms with Crippen LogP contribution >= 0.6 is 23.2 Å². The van der Waals surface area contributed by atoms with Gasteiger partial charge in [0.15, 0.2) is 6.54 Å².